The van der Waals surface area contributed by atoms with E-state index in [-0.39, 0.29) is 17.7 Å². The summed E-state index contributed by atoms with van der Waals surface area (Å²) in [4.78, 5) is 11.7. The van der Waals surface area contributed by atoms with Crippen LogP contribution >= 0.6 is 0 Å². The van der Waals surface area contributed by atoms with Crippen LogP contribution in [0, 0.1) is 28.6 Å². The Hall–Kier alpha value is -1.08. The number of nitrogens with zero attached hydrogens (tertiary/aromatic N) is 1. The first-order chi connectivity index (χ1) is 6.84. The van der Waals surface area contributed by atoms with Gasteiger partial charge in [-0.25, -0.2) is 0 Å². The first-order valence-corrected chi connectivity index (χ1v) is 5.23. The average Bonchev–Trinajstić information content (AvgIpc) is 2.15. The smallest absolute Gasteiger partial charge is 0.224 e. The van der Waals surface area contributed by atoms with E-state index < -0.39 is 5.41 Å². The fourth-order valence-corrected chi connectivity index (χ4v) is 1.16. The molecule has 0 aromatic rings. The summed E-state index contributed by atoms with van der Waals surface area (Å²) in [7, 11) is 0. The molecule has 0 radical (unpaired) electrons. The maximum absolute atomic E-state index is 11.7. The number of amides is 1. The second-order valence-electron chi connectivity index (χ2n) is 4.80. The summed E-state index contributed by atoms with van der Waals surface area (Å²) in [5.41, 5.74) is 5.00. The van der Waals surface area contributed by atoms with Crippen LogP contribution in [0.2, 0.25) is 0 Å². The van der Waals surface area contributed by atoms with Gasteiger partial charge in [-0.3, -0.25) is 4.79 Å². The fraction of sp³-hybridized carbons (Fsp3) is 0.818. The van der Waals surface area contributed by atoms with E-state index >= 15 is 0 Å². The van der Waals surface area contributed by atoms with Gasteiger partial charge < -0.3 is 11.1 Å². The molecule has 0 aliphatic carbocycles. The normalized spacial score (nSPS) is 13.4. The van der Waals surface area contributed by atoms with Crippen molar-refractivity contribution in [2.75, 3.05) is 13.1 Å². The number of carbonyl (C=O) groups is 1. The third kappa shape index (κ3) is 4.80. The van der Waals surface area contributed by atoms with E-state index in [1.165, 1.54) is 0 Å². The van der Waals surface area contributed by atoms with Crippen LogP contribution in [0.4, 0.5) is 0 Å². The minimum absolute atomic E-state index is 0.0594. The summed E-state index contributed by atoms with van der Waals surface area (Å²) in [5.74, 6) is -0.00415. The molecule has 1 amide bonds. The highest BCUT2D eigenvalue weighted by molar-refractivity contribution is 5.79. The lowest BCUT2D eigenvalue weighted by Gasteiger charge is -2.21. The Morgan fingerprint density at radius 1 is 1.53 bits per heavy atom. The highest BCUT2D eigenvalue weighted by Gasteiger charge is 2.23. The molecule has 0 aliphatic rings. The minimum atomic E-state index is -0.522. The molecular weight excluding hydrogens is 190 g/mol. The largest absolute Gasteiger partial charge is 0.354 e. The van der Waals surface area contributed by atoms with Gasteiger partial charge in [-0.05, 0) is 19.8 Å². The van der Waals surface area contributed by atoms with E-state index in [9.17, 15) is 4.79 Å². The highest BCUT2D eigenvalue weighted by Crippen LogP contribution is 2.13. The average molecular weight is 211 g/mol. The fourth-order valence-electron chi connectivity index (χ4n) is 1.16. The second kappa shape index (κ2) is 5.72. The third-order valence-corrected chi connectivity index (χ3v) is 2.40. The summed E-state index contributed by atoms with van der Waals surface area (Å²) < 4.78 is 0. The topological polar surface area (TPSA) is 78.9 Å². The van der Waals surface area contributed by atoms with Gasteiger partial charge in [0.25, 0.3) is 0 Å². The van der Waals surface area contributed by atoms with Gasteiger partial charge in [0.1, 0.15) is 0 Å². The number of rotatable bonds is 5. The molecule has 0 spiro atoms. The predicted octanol–water partition coefficient (Wildman–Crippen LogP) is 0.883. The van der Waals surface area contributed by atoms with Gasteiger partial charge in [-0.1, -0.05) is 13.8 Å². The number of nitrogens with two attached hydrogens (primary N) is 1. The van der Waals surface area contributed by atoms with Gasteiger partial charge in [0.05, 0.1) is 17.4 Å². The monoisotopic (exact) mass is 211 g/mol. The van der Waals surface area contributed by atoms with Crippen molar-refractivity contribution in [1.29, 1.82) is 5.26 Å². The third-order valence-electron chi connectivity index (χ3n) is 2.40. The molecule has 86 valence electrons. The zero-order valence-electron chi connectivity index (χ0n) is 10.0. The van der Waals surface area contributed by atoms with Gasteiger partial charge in [0.15, 0.2) is 0 Å². The highest BCUT2D eigenvalue weighted by atomic mass is 16.1. The maximum atomic E-state index is 11.7. The van der Waals surface area contributed by atoms with Crippen LogP contribution in [-0.4, -0.2) is 19.0 Å². The molecule has 15 heavy (non-hydrogen) atoms. The van der Waals surface area contributed by atoms with Crippen molar-refractivity contribution < 1.29 is 4.79 Å². The van der Waals surface area contributed by atoms with E-state index in [2.05, 4.69) is 11.4 Å². The van der Waals surface area contributed by atoms with E-state index in [1.54, 1.807) is 13.8 Å². The molecule has 0 saturated heterocycles. The summed E-state index contributed by atoms with van der Waals surface area (Å²) in [5, 5.41) is 11.6. The summed E-state index contributed by atoms with van der Waals surface area (Å²) in [6.45, 7) is 8.22. The van der Waals surface area contributed by atoms with Crippen LogP contribution in [0.3, 0.4) is 0 Å². The zero-order valence-corrected chi connectivity index (χ0v) is 10.0. The van der Waals surface area contributed by atoms with E-state index in [0.717, 1.165) is 0 Å². The molecule has 0 saturated carbocycles. The molecule has 1 unspecified atom stereocenters. The van der Waals surface area contributed by atoms with E-state index in [0.29, 0.717) is 13.1 Å². The van der Waals surface area contributed by atoms with Crippen LogP contribution in [0.1, 0.15) is 27.7 Å². The second-order valence-corrected chi connectivity index (χ2v) is 4.80. The number of carbonyl (C=O) groups excluding carboxylic acids is 1. The Labute approximate surface area is 91.8 Å². The molecular formula is C11H21N3O. The van der Waals surface area contributed by atoms with Crippen LogP contribution < -0.4 is 11.1 Å². The molecule has 0 bridgehead atoms. The number of nitrogens with one attached hydrogen (secondary N) is 1. The van der Waals surface area contributed by atoms with Gasteiger partial charge in [0, 0.05) is 13.1 Å². The molecule has 0 aliphatic heterocycles. The number of nitriles is 1. The predicted molar refractivity (Wildman–Crippen MR) is 59.8 cm³/mol. The van der Waals surface area contributed by atoms with Crippen molar-refractivity contribution in [3.8, 4) is 6.07 Å². The summed E-state index contributed by atoms with van der Waals surface area (Å²) in [6, 6.07) is 2.14. The summed E-state index contributed by atoms with van der Waals surface area (Å²) in [6.07, 6.45) is 0. The lowest BCUT2D eigenvalue weighted by molar-refractivity contribution is -0.126. The molecule has 4 nitrogen and oxygen atoms in total. The van der Waals surface area contributed by atoms with Crippen LogP contribution in [0.15, 0.2) is 0 Å². The molecule has 4 heteroatoms. The zero-order chi connectivity index (χ0) is 12.1. The number of hydrogen-bond donors (Lipinski definition) is 2. The molecule has 0 fully saturated rings. The Bertz CT molecular complexity index is 253. The van der Waals surface area contributed by atoms with Crippen molar-refractivity contribution in [2.45, 2.75) is 27.7 Å². The Balaban J connectivity index is 4.21. The van der Waals surface area contributed by atoms with Gasteiger partial charge >= 0.3 is 0 Å². The van der Waals surface area contributed by atoms with Crippen molar-refractivity contribution in [3.05, 3.63) is 0 Å². The SMILES string of the molecule is CC(C)C(CN)C(=O)NCC(C)(C)C#N. The van der Waals surface area contributed by atoms with Crippen molar-refractivity contribution >= 4 is 5.91 Å². The van der Waals surface area contributed by atoms with Crippen LogP contribution in [0.25, 0.3) is 0 Å². The Morgan fingerprint density at radius 3 is 2.40 bits per heavy atom. The van der Waals surface area contributed by atoms with E-state index in [1.807, 2.05) is 13.8 Å². The number of hydrogen-bond acceptors (Lipinski definition) is 3. The Morgan fingerprint density at radius 2 is 2.07 bits per heavy atom. The molecule has 0 aromatic carbocycles. The Kier molecular flexibility index (Phi) is 5.31. The lowest BCUT2D eigenvalue weighted by atomic mass is 9.93. The van der Waals surface area contributed by atoms with Crippen molar-refractivity contribution in [2.24, 2.45) is 23.0 Å². The molecule has 0 aromatic heterocycles. The standard InChI is InChI=1S/C11H21N3O/c1-8(2)9(5-12)10(15)14-7-11(3,4)6-13/h8-9H,5,7,12H2,1-4H3,(H,14,15). The van der Waals surface area contributed by atoms with Crippen LogP contribution in [0.5, 0.6) is 0 Å². The molecule has 3 N–H and O–H groups in total. The van der Waals surface area contributed by atoms with Crippen molar-refractivity contribution in [3.63, 3.8) is 0 Å². The molecule has 1 atom stereocenters. The molecule has 0 rings (SSSR count). The summed E-state index contributed by atoms with van der Waals surface area (Å²) >= 11 is 0. The quantitative estimate of drug-likeness (QED) is 0.708. The van der Waals surface area contributed by atoms with E-state index in [4.69, 9.17) is 11.0 Å². The van der Waals surface area contributed by atoms with Gasteiger partial charge in [-0.2, -0.15) is 5.26 Å². The maximum Gasteiger partial charge on any atom is 0.224 e. The molecule has 0 heterocycles. The lowest BCUT2D eigenvalue weighted by Crippen LogP contribution is -2.41. The first kappa shape index (κ1) is 13.9. The minimum Gasteiger partial charge on any atom is -0.354 e. The van der Waals surface area contributed by atoms with Gasteiger partial charge in [0.2, 0.25) is 5.91 Å². The first-order valence-electron chi connectivity index (χ1n) is 5.23. The van der Waals surface area contributed by atoms with Crippen LogP contribution in [-0.2, 0) is 4.79 Å². The van der Waals surface area contributed by atoms with Gasteiger partial charge in [-0.15, -0.1) is 0 Å². The van der Waals surface area contributed by atoms with Crippen molar-refractivity contribution in [1.82, 2.24) is 5.32 Å².